The van der Waals surface area contributed by atoms with Crippen molar-refractivity contribution in [3.63, 3.8) is 0 Å². The molecular formula is C24H27Cl2N3OS. The average molecular weight is 476 g/mol. The molecule has 0 aliphatic heterocycles. The van der Waals surface area contributed by atoms with Crippen molar-refractivity contribution < 1.29 is 4.79 Å². The number of carbonyl (C=O) groups is 1. The fraction of sp³-hybridized carbons (Fsp3) is 0.333. The Hall–Kier alpha value is -1.95. The first-order chi connectivity index (χ1) is 15.0. The maximum atomic E-state index is 11.1. The smallest absolute Gasteiger partial charge is 0.221 e. The molecule has 164 valence electrons. The largest absolute Gasteiger partial charge is 0.336 e. The Morgan fingerprint density at radius 1 is 1.16 bits per heavy atom. The standard InChI is InChI=1S/C24H27Cl2N3OS/c1-18(30)28-22-9-4-19(5-10-22)3-2-14-31-23(16-29-13-12-27-17-29)11-7-20-6-8-21(25)15-24(20)26/h4-6,8-10,12-13,15,17,23H,2-3,7,11,14,16H2,1H3,(H,28,30). The molecule has 1 N–H and O–H groups in total. The van der Waals surface area contributed by atoms with Crippen LogP contribution in [0.4, 0.5) is 5.69 Å². The summed E-state index contributed by atoms with van der Waals surface area (Å²) in [5.74, 6) is 1.04. The molecule has 0 aliphatic rings. The van der Waals surface area contributed by atoms with Gasteiger partial charge in [-0.25, -0.2) is 4.98 Å². The van der Waals surface area contributed by atoms with Gasteiger partial charge in [0.25, 0.3) is 0 Å². The third kappa shape index (κ3) is 8.24. The molecule has 1 heterocycles. The van der Waals surface area contributed by atoms with Crippen LogP contribution in [0.2, 0.25) is 10.0 Å². The Morgan fingerprint density at radius 2 is 1.97 bits per heavy atom. The topological polar surface area (TPSA) is 46.9 Å². The number of nitrogens with zero attached hydrogens (tertiary/aromatic N) is 2. The van der Waals surface area contributed by atoms with Crippen LogP contribution in [0.5, 0.6) is 0 Å². The summed E-state index contributed by atoms with van der Waals surface area (Å²) in [4.78, 5) is 15.3. The fourth-order valence-corrected chi connectivity index (χ4v) is 5.09. The molecule has 0 aliphatic carbocycles. The normalized spacial score (nSPS) is 12.0. The van der Waals surface area contributed by atoms with Crippen molar-refractivity contribution in [1.29, 1.82) is 0 Å². The van der Waals surface area contributed by atoms with Gasteiger partial charge in [0, 0.05) is 46.8 Å². The summed E-state index contributed by atoms with van der Waals surface area (Å²) in [6.07, 6.45) is 9.80. The Morgan fingerprint density at radius 3 is 2.65 bits per heavy atom. The second-order valence-corrected chi connectivity index (χ2v) is 9.76. The molecule has 0 radical (unpaired) electrons. The van der Waals surface area contributed by atoms with Crippen molar-refractivity contribution in [2.75, 3.05) is 11.1 Å². The molecular weight excluding hydrogens is 449 g/mol. The minimum Gasteiger partial charge on any atom is -0.336 e. The zero-order valence-electron chi connectivity index (χ0n) is 17.6. The van der Waals surface area contributed by atoms with E-state index < -0.39 is 0 Å². The van der Waals surface area contributed by atoms with Gasteiger partial charge >= 0.3 is 0 Å². The van der Waals surface area contributed by atoms with Crippen molar-refractivity contribution in [2.24, 2.45) is 0 Å². The number of imidazole rings is 1. The van der Waals surface area contributed by atoms with Gasteiger partial charge in [-0.15, -0.1) is 0 Å². The van der Waals surface area contributed by atoms with E-state index >= 15 is 0 Å². The second kappa shape index (κ2) is 12.2. The van der Waals surface area contributed by atoms with Gasteiger partial charge in [0.1, 0.15) is 0 Å². The second-order valence-electron chi connectivity index (χ2n) is 7.51. The van der Waals surface area contributed by atoms with E-state index in [1.54, 1.807) is 0 Å². The molecule has 1 unspecified atom stereocenters. The third-order valence-electron chi connectivity index (χ3n) is 4.96. The Kier molecular flexibility index (Phi) is 9.31. The van der Waals surface area contributed by atoms with E-state index in [0.29, 0.717) is 10.3 Å². The summed E-state index contributed by atoms with van der Waals surface area (Å²) in [5, 5.41) is 4.68. The van der Waals surface area contributed by atoms with Crippen molar-refractivity contribution in [3.05, 3.63) is 82.4 Å². The van der Waals surface area contributed by atoms with Gasteiger partial charge in [-0.2, -0.15) is 11.8 Å². The highest BCUT2D eigenvalue weighted by molar-refractivity contribution is 7.99. The molecule has 0 spiro atoms. The van der Waals surface area contributed by atoms with Crippen LogP contribution in [0.15, 0.2) is 61.2 Å². The summed E-state index contributed by atoms with van der Waals surface area (Å²) in [6.45, 7) is 2.45. The number of benzene rings is 2. The molecule has 4 nitrogen and oxygen atoms in total. The van der Waals surface area contributed by atoms with Crippen molar-refractivity contribution in [2.45, 2.75) is 44.4 Å². The number of rotatable bonds is 11. The number of amides is 1. The molecule has 3 rings (SSSR count). The summed E-state index contributed by atoms with van der Waals surface area (Å²) in [5.41, 5.74) is 3.27. The monoisotopic (exact) mass is 475 g/mol. The lowest BCUT2D eigenvalue weighted by Crippen LogP contribution is -2.14. The quantitative estimate of drug-likeness (QED) is 0.321. The number of aromatic nitrogens is 2. The number of thioether (sulfide) groups is 1. The predicted octanol–water partition coefficient (Wildman–Crippen LogP) is 6.52. The molecule has 0 saturated carbocycles. The van der Waals surface area contributed by atoms with E-state index in [9.17, 15) is 4.79 Å². The predicted molar refractivity (Wildman–Crippen MR) is 132 cm³/mol. The van der Waals surface area contributed by atoms with Crippen molar-refractivity contribution in [3.8, 4) is 0 Å². The van der Waals surface area contributed by atoms with E-state index in [0.717, 1.165) is 54.3 Å². The number of hydrogen-bond donors (Lipinski definition) is 1. The first-order valence-electron chi connectivity index (χ1n) is 10.4. The van der Waals surface area contributed by atoms with Crippen molar-refractivity contribution in [1.82, 2.24) is 9.55 Å². The zero-order chi connectivity index (χ0) is 22.1. The lowest BCUT2D eigenvalue weighted by molar-refractivity contribution is -0.114. The molecule has 1 amide bonds. The molecule has 1 atom stereocenters. The van der Waals surface area contributed by atoms with E-state index in [2.05, 4.69) is 27.0 Å². The van der Waals surface area contributed by atoms with E-state index in [-0.39, 0.29) is 5.91 Å². The Bertz CT molecular complexity index is 961. The van der Waals surface area contributed by atoms with Crippen LogP contribution in [-0.4, -0.2) is 26.5 Å². The molecule has 7 heteroatoms. The first-order valence-corrected chi connectivity index (χ1v) is 12.2. The Balaban J connectivity index is 1.49. The van der Waals surface area contributed by atoms with Gasteiger partial charge in [0.2, 0.25) is 5.91 Å². The number of hydrogen-bond acceptors (Lipinski definition) is 3. The number of anilines is 1. The SMILES string of the molecule is CC(=O)Nc1ccc(CCCSC(CCc2ccc(Cl)cc2Cl)Cn2ccnc2)cc1. The minimum atomic E-state index is -0.0482. The molecule has 0 bridgehead atoms. The van der Waals surface area contributed by atoms with E-state index in [4.69, 9.17) is 23.2 Å². The van der Waals surface area contributed by atoms with E-state index in [1.165, 1.54) is 12.5 Å². The molecule has 0 saturated heterocycles. The average Bonchev–Trinajstić information content (AvgIpc) is 3.24. The number of carbonyl (C=O) groups excluding carboxylic acids is 1. The van der Waals surface area contributed by atoms with Gasteiger partial charge in [0.05, 0.1) is 6.33 Å². The van der Waals surface area contributed by atoms with Crippen LogP contribution in [0, 0.1) is 0 Å². The van der Waals surface area contributed by atoms with E-state index in [1.807, 2.05) is 60.8 Å². The first kappa shape index (κ1) is 23.7. The maximum absolute atomic E-state index is 11.1. The summed E-state index contributed by atoms with van der Waals surface area (Å²) < 4.78 is 2.14. The van der Waals surface area contributed by atoms with Crippen LogP contribution in [-0.2, 0) is 24.2 Å². The molecule has 1 aromatic heterocycles. The zero-order valence-corrected chi connectivity index (χ0v) is 19.9. The highest BCUT2D eigenvalue weighted by atomic mass is 35.5. The lowest BCUT2D eigenvalue weighted by atomic mass is 10.1. The van der Waals surface area contributed by atoms with Gasteiger partial charge in [-0.3, -0.25) is 4.79 Å². The number of halogens is 2. The van der Waals surface area contributed by atoms with Crippen LogP contribution >= 0.6 is 35.0 Å². The van der Waals surface area contributed by atoms with Gasteiger partial charge in [0.15, 0.2) is 0 Å². The molecule has 0 fully saturated rings. The summed E-state index contributed by atoms with van der Waals surface area (Å²) >= 11 is 14.4. The lowest BCUT2D eigenvalue weighted by Gasteiger charge is -2.18. The minimum absolute atomic E-state index is 0.0482. The van der Waals surface area contributed by atoms with Crippen LogP contribution in [0.25, 0.3) is 0 Å². The number of nitrogens with one attached hydrogen (secondary N) is 1. The highest BCUT2D eigenvalue weighted by Gasteiger charge is 2.12. The number of aryl methyl sites for hydroxylation is 2. The van der Waals surface area contributed by atoms with Gasteiger partial charge in [-0.1, -0.05) is 41.4 Å². The summed E-state index contributed by atoms with van der Waals surface area (Å²) in [6, 6.07) is 13.8. The molecule has 31 heavy (non-hydrogen) atoms. The van der Waals surface area contributed by atoms with Gasteiger partial charge < -0.3 is 9.88 Å². The van der Waals surface area contributed by atoms with Crippen molar-refractivity contribution >= 4 is 46.6 Å². The maximum Gasteiger partial charge on any atom is 0.221 e. The van der Waals surface area contributed by atoms with Gasteiger partial charge in [-0.05, 0) is 66.8 Å². The fourth-order valence-electron chi connectivity index (χ4n) is 3.38. The van der Waals surface area contributed by atoms with Crippen LogP contribution < -0.4 is 5.32 Å². The summed E-state index contributed by atoms with van der Waals surface area (Å²) in [7, 11) is 0. The molecule has 2 aromatic carbocycles. The van der Waals surface area contributed by atoms with Crippen LogP contribution in [0.1, 0.15) is 30.9 Å². The third-order valence-corrected chi connectivity index (χ3v) is 6.93. The Labute approximate surface area is 198 Å². The highest BCUT2D eigenvalue weighted by Crippen LogP contribution is 2.26. The molecule has 3 aromatic rings. The van der Waals surface area contributed by atoms with Crippen LogP contribution in [0.3, 0.4) is 0 Å².